The molecule has 1 saturated heterocycles. The van der Waals surface area contributed by atoms with Crippen molar-refractivity contribution < 1.29 is 22.4 Å². The molecule has 0 saturated carbocycles. The number of carbonyl (C=O) groups excluding carboxylic acids is 2. The quantitative estimate of drug-likeness (QED) is 0.678. The van der Waals surface area contributed by atoms with E-state index in [1.807, 2.05) is 0 Å². The lowest BCUT2D eigenvalue weighted by Gasteiger charge is -2.15. The Morgan fingerprint density at radius 3 is 2.62 bits per heavy atom. The van der Waals surface area contributed by atoms with Crippen LogP contribution in [-0.4, -0.2) is 44.8 Å². The minimum Gasteiger partial charge on any atom is -0.468 e. The summed E-state index contributed by atoms with van der Waals surface area (Å²) < 4.78 is 32.6. The van der Waals surface area contributed by atoms with Gasteiger partial charge in [-0.2, -0.15) is 0 Å². The highest BCUT2D eigenvalue weighted by molar-refractivity contribution is 7.89. The molecule has 9 heteroatoms. The molecular weight excluding hydrogens is 394 g/mol. The summed E-state index contributed by atoms with van der Waals surface area (Å²) in [6.07, 6.45) is 3.74. The summed E-state index contributed by atoms with van der Waals surface area (Å²) in [4.78, 5) is 26.4. The largest absolute Gasteiger partial charge is 0.468 e. The van der Waals surface area contributed by atoms with Gasteiger partial charge in [0.05, 0.1) is 17.7 Å². The van der Waals surface area contributed by atoms with E-state index in [0.717, 1.165) is 25.9 Å². The van der Waals surface area contributed by atoms with Gasteiger partial charge in [-0.1, -0.05) is 6.07 Å². The van der Waals surface area contributed by atoms with Gasteiger partial charge in [-0.3, -0.25) is 9.59 Å². The fraction of sp³-hybridized carbons (Fsp3) is 0.400. The average Bonchev–Trinajstić information content (AvgIpc) is 3.40. The molecule has 2 N–H and O–H groups in total. The molecule has 0 unspecified atom stereocenters. The third-order valence-electron chi connectivity index (χ3n) is 4.86. The number of hydrogen-bond donors (Lipinski definition) is 2. The van der Waals surface area contributed by atoms with Crippen LogP contribution in [-0.2, 0) is 21.4 Å². The van der Waals surface area contributed by atoms with E-state index >= 15 is 0 Å². The Hall–Kier alpha value is -2.65. The molecule has 2 amide bonds. The van der Waals surface area contributed by atoms with E-state index in [1.54, 1.807) is 30.0 Å². The van der Waals surface area contributed by atoms with Crippen molar-refractivity contribution in [1.82, 2.24) is 14.9 Å². The second kappa shape index (κ2) is 9.23. The summed E-state index contributed by atoms with van der Waals surface area (Å²) in [6.45, 7) is 3.51. The molecule has 29 heavy (non-hydrogen) atoms. The lowest BCUT2D eigenvalue weighted by Crippen LogP contribution is -2.33. The molecule has 3 rings (SSSR count). The summed E-state index contributed by atoms with van der Waals surface area (Å²) in [5, 5.41) is 2.71. The van der Waals surface area contributed by atoms with Crippen LogP contribution in [0.5, 0.6) is 0 Å². The molecule has 1 fully saturated rings. The molecular formula is C20H25N3O5S. The Balaban J connectivity index is 1.61. The third-order valence-corrected chi connectivity index (χ3v) is 6.26. The number of sulfonamides is 1. The Labute approximate surface area is 170 Å². The number of likely N-dealkylation sites (tertiary alicyclic amines) is 1. The zero-order valence-electron chi connectivity index (χ0n) is 16.3. The second-order valence-electron chi connectivity index (χ2n) is 6.97. The van der Waals surface area contributed by atoms with Gasteiger partial charge in [0.25, 0.3) is 5.91 Å². The minimum absolute atomic E-state index is 0.00653. The van der Waals surface area contributed by atoms with Crippen molar-refractivity contribution in [2.75, 3.05) is 19.6 Å². The Morgan fingerprint density at radius 2 is 1.93 bits per heavy atom. The maximum atomic E-state index is 12.5. The summed E-state index contributed by atoms with van der Waals surface area (Å²) in [7, 11) is -3.80. The first-order valence-electron chi connectivity index (χ1n) is 9.55. The van der Waals surface area contributed by atoms with Crippen molar-refractivity contribution in [2.24, 2.45) is 0 Å². The van der Waals surface area contributed by atoms with Crippen LogP contribution < -0.4 is 10.0 Å². The van der Waals surface area contributed by atoms with Gasteiger partial charge in [0.2, 0.25) is 15.9 Å². The molecule has 0 atom stereocenters. The van der Waals surface area contributed by atoms with Crippen molar-refractivity contribution >= 4 is 21.8 Å². The predicted octanol–water partition coefficient (Wildman–Crippen LogP) is 1.81. The normalized spacial score (nSPS) is 14.2. The Morgan fingerprint density at radius 1 is 1.17 bits per heavy atom. The molecule has 0 radical (unpaired) electrons. The third kappa shape index (κ3) is 5.45. The number of amides is 2. The maximum Gasteiger partial charge on any atom is 0.251 e. The van der Waals surface area contributed by atoms with Crippen molar-refractivity contribution in [3.8, 4) is 0 Å². The smallest absolute Gasteiger partial charge is 0.251 e. The lowest BCUT2D eigenvalue weighted by molar-refractivity contribution is -0.129. The zero-order chi connectivity index (χ0) is 20.9. The number of nitrogens with one attached hydrogen (secondary N) is 2. The summed E-state index contributed by atoms with van der Waals surface area (Å²) in [5.41, 5.74) is 0.915. The molecule has 2 aromatic rings. The molecule has 0 spiro atoms. The summed E-state index contributed by atoms with van der Waals surface area (Å²) in [6, 6.07) is 7.73. The van der Waals surface area contributed by atoms with Crippen LogP contribution >= 0.6 is 0 Å². The predicted molar refractivity (Wildman–Crippen MR) is 107 cm³/mol. The van der Waals surface area contributed by atoms with Gasteiger partial charge in [0.1, 0.15) is 5.76 Å². The van der Waals surface area contributed by atoms with Gasteiger partial charge in [-0.05, 0) is 49.6 Å². The van der Waals surface area contributed by atoms with Gasteiger partial charge in [-0.15, -0.1) is 0 Å². The van der Waals surface area contributed by atoms with Crippen LogP contribution in [0.15, 0.2) is 45.9 Å². The molecule has 1 aromatic heterocycles. The first kappa shape index (κ1) is 21.1. The zero-order valence-corrected chi connectivity index (χ0v) is 17.1. The summed E-state index contributed by atoms with van der Waals surface area (Å²) in [5.74, 6) is 0.110. The van der Waals surface area contributed by atoms with Gasteiger partial charge < -0.3 is 14.6 Å². The first-order valence-corrected chi connectivity index (χ1v) is 11.0. The monoisotopic (exact) mass is 419 g/mol. The highest BCUT2D eigenvalue weighted by atomic mass is 32.2. The van der Waals surface area contributed by atoms with Crippen LogP contribution in [0.25, 0.3) is 0 Å². The van der Waals surface area contributed by atoms with Crippen molar-refractivity contribution in [1.29, 1.82) is 0 Å². The topological polar surface area (TPSA) is 109 Å². The number of hydrogen-bond acceptors (Lipinski definition) is 5. The molecule has 8 nitrogen and oxygen atoms in total. The first-order chi connectivity index (χ1) is 13.9. The van der Waals surface area contributed by atoms with Gasteiger partial charge in [-0.25, -0.2) is 13.1 Å². The molecule has 2 heterocycles. The van der Waals surface area contributed by atoms with Crippen LogP contribution in [0.1, 0.15) is 40.9 Å². The summed E-state index contributed by atoms with van der Waals surface area (Å²) >= 11 is 0. The Bertz CT molecular complexity index is 964. The second-order valence-corrected chi connectivity index (χ2v) is 8.74. The van der Waals surface area contributed by atoms with E-state index in [9.17, 15) is 18.0 Å². The average molecular weight is 420 g/mol. The van der Waals surface area contributed by atoms with E-state index < -0.39 is 15.9 Å². The highest BCUT2D eigenvalue weighted by Crippen LogP contribution is 2.16. The number of aryl methyl sites for hydroxylation is 1. The molecule has 0 bridgehead atoms. The lowest BCUT2D eigenvalue weighted by atomic mass is 10.1. The van der Waals surface area contributed by atoms with Crippen molar-refractivity contribution in [2.45, 2.75) is 37.6 Å². The van der Waals surface area contributed by atoms with E-state index in [-0.39, 0.29) is 35.9 Å². The fourth-order valence-electron chi connectivity index (χ4n) is 3.18. The van der Waals surface area contributed by atoms with Crippen molar-refractivity contribution in [3.05, 3.63) is 53.5 Å². The van der Waals surface area contributed by atoms with E-state index in [2.05, 4.69) is 10.0 Å². The maximum absolute atomic E-state index is 12.5. The number of carbonyl (C=O) groups is 2. The number of furan rings is 1. The van der Waals surface area contributed by atoms with Gasteiger partial charge in [0.15, 0.2) is 0 Å². The van der Waals surface area contributed by atoms with Crippen molar-refractivity contribution in [3.63, 3.8) is 0 Å². The molecule has 1 aliphatic rings. The standard InChI is InChI=1S/C20H25N3O5S/c1-15-6-7-17(29(26,27)22-14-16-5-4-12-28-16)13-18(15)20(25)21-9-8-19(24)23-10-2-3-11-23/h4-7,12-13,22H,2-3,8-11,14H2,1H3,(H,21,25). The number of nitrogens with zero attached hydrogens (tertiary/aromatic N) is 1. The number of rotatable bonds is 8. The molecule has 1 aliphatic heterocycles. The minimum atomic E-state index is -3.80. The SMILES string of the molecule is Cc1ccc(S(=O)(=O)NCc2ccco2)cc1C(=O)NCCC(=O)N1CCCC1. The Kier molecular flexibility index (Phi) is 6.71. The van der Waals surface area contributed by atoms with Crippen LogP contribution in [0.4, 0.5) is 0 Å². The molecule has 156 valence electrons. The van der Waals surface area contributed by atoms with Crippen LogP contribution in [0.2, 0.25) is 0 Å². The van der Waals surface area contributed by atoms with E-state index in [1.165, 1.54) is 18.4 Å². The van der Waals surface area contributed by atoms with Gasteiger partial charge in [0, 0.05) is 31.6 Å². The fourth-order valence-corrected chi connectivity index (χ4v) is 4.20. The molecule has 0 aliphatic carbocycles. The number of benzene rings is 1. The van der Waals surface area contributed by atoms with Crippen LogP contribution in [0, 0.1) is 6.92 Å². The van der Waals surface area contributed by atoms with Gasteiger partial charge >= 0.3 is 0 Å². The van der Waals surface area contributed by atoms with E-state index in [4.69, 9.17) is 4.42 Å². The van der Waals surface area contributed by atoms with Crippen LogP contribution in [0.3, 0.4) is 0 Å². The van der Waals surface area contributed by atoms with E-state index in [0.29, 0.717) is 11.3 Å². The highest BCUT2D eigenvalue weighted by Gasteiger charge is 2.20. The molecule has 1 aromatic carbocycles.